The van der Waals surface area contributed by atoms with Gasteiger partial charge in [0, 0.05) is 34.5 Å². The van der Waals surface area contributed by atoms with Crippen LogP contribution in [0.15, 0.2) is 35.7 Å². The summed E-state index contributed by atoms with van der Waals surface area (Å²) in [5.41, 5.74) is 2.77. The number of hydrogen-bond acceptors (Lipinski definition) is 7. The predicted molar refractivity (Wildman–Crippen MR) is 127 cm³/mol. The van der Waals surface area contributed by atoms with E-state index in [9.17, 15) is 10.1 Å². The Kier molecular flexibility index (Phi) is 6.02. The third kappa shape index (κ3) is 4.31. The Hall–Kier alpha value is -3.02. The van der Waals surface area contributed by atoms with E-state index in [1.54, 1.807) is 22.7 Å². The van der Waals surface area contributed by atoms with Gasteiger partial charge in [0.2, 0.25) is 5.91 Å². The van der Waals surface area contributed by atoms with Crippen molar-refractivity contribution in [3.8, 4) is 17.6 Å². The lowest BCUT2D eigenvalue weighted by atomic mass is 10.1. The van der Waals surface area contributed by atoms with Crippen LogP contribution in [-0.2, 0) is 24.2 Å². The van der Waals surface area contributed by atoms with Gasteiger partial charge in [-0.05, 0) is 48.4 Å². The van der Waals surface area contributed by atoms with Crippen LogP contribution in [0.5, 0.6) is 11.5 Å². The maximum Gasteiger partial charge on any atom is 0.226 e. The summed E-state index contributed by atoms with van der Waals surface area (Å²) in [5.74, 6) is 1.42. The van der Waals surface area contributed by atoms with Gasteiger partial charge in [-0.3, -0.25) is 4.79 Å². The molecule has 1 aliphatic heterocycles. The predicted octanol–water partition coefficient (Wildman–Crippen LogP) is 4.98. The summed E-state index contributed by atoms with van der Waals surface area (Å²) in [6.07, 6.45) is 3.36. The number of nitriles is 1. The fourth-order valence-corrected chi connectivity index (χ4v) is 6.13. The molecule has 2 aromatic heterocycles. The second-order valence-corrected chi connectivity index (χ2v) is 9.94. The van der Waals surface area contributed by atoms with Crippen molar-refractivity contribution < 1.29 is 14.3 Å². The van der Waals surface area contributed by atoms with E-state index < -0.39 is 0 Å². The van der Waals surface area contributed by atoms with Crippen molar-refractivity contribution in [2.45, 2.75) is 32.2 Å². The molecular weight excluding hydrogens is 442 g/mol. The minimum Gasteiger partial charge on any atom is -0.486 e. The average Bonchev–Trinajstić information content (AvgIpc) is 3.54. The summed E-state index contributed by atoms with van der Waals surface area (Å²) in [4.78, 5) is 17.4. The third-order valence-corrected chi connectivity index (χ3v) is 7.78. The molecule has 1 aromatic carbocycles. The van der Waals surface area contributed by atoms with Gasteiger partial charge in [0.15, 0.2) is 11.5 Å². The number of rotatable bonds is 7. The first-order chi connectivity index (χ1) is 15.7. The molecule has 0 radical (unpaired) electrons. The smallest absolute Gasteiger partial charge is 0.226 e. The molecule has 0 fully saturated rings. The van der Waals surface area contributed by atoms with Gasteiger partial charge < -0.3 is 19.7 Å². The molecule has 6 nitrogen and oxygen atoms in total. The number of nitrogens with one attached hydrogen (secondary N) is 1. The number of nitrogens with zero attached hydrogens (tertiary/aromatic N) is 2. The lowest BCUT2D eigenvalue weighted by molar-refractivity contribution is -0.116. The first-order valence-corrected chi connectivity index (χ1v) is 12.4. The number of carbonyl (C=O) groups excluding carboxylic acids is 1. The maximum absolute atomic E-state index is 12.8. The summed E-state index contributed by atoms with van der Waals surface area (Å²) in [6, 6.07) is 12.3. The molecule has 3 heterocycles. The van der Waals surface area contributed by atoms with E-state index in [4.69, 9.17) is 9.47 Å². The zero-order chi connectivity index (χ0) is 21.9. The van der Waals surface area contributed by atoms with Gasteiger partial charge in [0.1, 0.15) is 24.3 Å². The molecule has 32 heavy (non-hydrogen) atoms. The molecule has 0 bridgehead atoms. The number of benzene rings is 1. The molecule has 8 heteroatoms. The Balaban J connectivity index is 1.30. The number of thiophene rings is 2. The highest BCUT2D eigenvalue weighted by Crippen LogP contribution is 2.39. The molecule has 0 atom stereocenters. The third-order valence-electron chi connectivity index (χ3n) is 5.71. The largest absolute Gasteiger partial charge is 0.486 e. The molecule has 2 aliphatic rings. The summed E-state index contributed by atoms with van der Waals surface area (Å²) < 4.78 is 11.4. The van der Waals surface area contributed by atoms with Crippen LogP contribution >= 0.6 is 22.7 Å². The first kappa shape index (κ1) is 20.9. The van der Waals surface area contributed by atoms with E-state index in [1.165, 1.54) is 9.75 Å². The minimum atomic E-state index is -0.0739. The van der Waals surface area contributed by atoms with Gasteiger partial charge in [0.05, 0.1) is 12.1 Å². The molecule has 0 saturated heterocycles. The quantitative estimate of drug-likeness (QED) is 0.533. The normalized spacial score (nSPS) is 14.0. The zero-order valence-corrected chi connectivity index (χ0v) is 19.2. The van der Waals surface area contributed by atoms with E-state index in [0.29, 0.717) is 43.3 Å². The minimum absolute atomic E-state index is 0.0739. The Morgan fingerprint density at radius 1 is 1.19 bits per heavy atom. The van der Waals surface area contributed by atoms with Crippen molar-refractivity contribution >= 4 is 39.3 Å². The molecular formula is C24H23N3O3S2. The number of aryl methyl sites for hydroxylation is 1. The van der Waals surface area contributed by atoms with E-state index in [-0.39, 0.29) is 5.91 Å². The Morgan fingerprint density at radius 3 is 2.88 bits per heavy atom. The van der Waals surface area contributed by atoms with Gasteiger partial charge in [-0.2, -0.15) is 5.26 Å². The van der Waals surface area contributed by atoms with Crippen molar-refractivity contribution in [3.05, 3.63) is 56.6 Å². The summed E-state index contributed by atoms with van der Waals surface area (Å²) >= 11 is 3.25. The van der Waals surface area contributed by atoms with Crippen molar-refractivity contribution in [1.82, 2.24) is 0 Å². The van der Waals surface area contributed by atoms with Gasteiger partial charge in [-0.1, -0.05) is 6.07 Å². The van der Waals surface area contributed by atoms with Gasteiger partial charge in [-0.15, -0.1) is 22.7 Å². The molecule has 164 valence electrons. The van der Waals surface area contributed by atoms with Crippen LogP contribution in [0.3, 0.4) is 0 Å². The van der Waals surface area contributed by atoms with Crippen LogP contribution in [0.4, 0.5) is 10.7 Å². The summed E-state index contributed by atoms with van der Waals surface area (Å²) in [5, 5.41) is 15.3. The van der Waals surface area contributed by atoms with Crippen LogP contribution < -0.4 is 19.7 Å². The lowest BCUT2D eigenvalue weighted by Gasteiger charge is -2.26. The van der Waals surface area contributed by atoms with Crippen molar-refractivity contribution in [3.63, 3.8) is 0 Å². The topological polar surface area (TPSA) is 74.6 Å². The van der Waals surface area contributed by atoms with Gasteiger partial charge in [0.25, 0.3) is 0 Å². The van der Waals surface area contributed by atoms with Crippen LogP contribution in [0.1, 0.15) is 33.7 Å². The van der Waals surface area contributed by atoms with Crippen LogP contribution in [0.25, 0.3) is 0 Å². The fourth-order valence-electron chi connectivity index (χ4n) is 4.16. The van der Waals surface area contributed by atoms with Crippen LogP contribution in [0, 0.1) is 11.3 Å². The Morgan fingerprint density at radius 2 is 2.06 bits per heavy atom. The molecule has 1 aliphatic carbocycles. The molecule has 0 saturated carbocycles. The number of fused-ring (bicyclic) bond motifs is 2. The SMILES string of the molecule is N#Cc1c(NC(=O)CCN(Cc2cccs2)c2ccc3c(c2)OCCO3)sc2c1CCC2. The molecule has 0 unspecified atom stereocenters. The standard InChI is InChI=1S/C24H23N3O3S2/c25-14-19-18-4-1-5-22(18)32-24(19)26-23(28)8-9-27(15-17-3-2-12-31-17)16-6-7-20-21(13-16)30-11-10-29-20/h2-3,6-7,12-13H,1,4-5,8-11,15H2,(H,26,28). The molecule has 5 rings (SSSR count). The highest BCUT2D eigenvalue weighted by atomic mass is 32.1. The molecule has 1 amide bonds. The van der Waals surface area contributed by atoms with E-state index in [0.717, 1.165) is 42.0 Å². The van der Waals surface area contributed by atoms with E-state index in [2.05, 4.69) is 27.7 Å². The number of carbonyl (C=O) groups is 1. The fraction of sp³-hybridized carbons (Fsp3) is 0.333. The first-order valence-electron chi connectivity index (χ1n) is 10.7. The maximum atomic E-state index is 12.8. The van der Waals surface area contributed by atoms with Crippen LogP contribution in [-0.4, -0.2) is 25.7 Å². The monoisotopic (exact) mass is 465 g/mol. The number of ether oxygens (including phenoxy) is 2. The summed E-state index contributed by atoms with van der Waals surface area (Å²) in [7, 11) is 0. The Bertz CT molecular complexity index is 1160. The van der Waals surface area contributed by atoms with Crippen molar-refractivity contribution in [2.24, 2.45) is 0 Å². The van der Waals surface area contributed by atoms with Gasteiger partial charge >= 0.3 is 0 Å². The second kappa shape index (κ2) is 9.23. The number of anilines is 2. The molecule has 1 N–H and O–H groups in total. The molecule has 0 spiro atoms. The lowest BCUT2D eigenvalue weighted by Crippen LogP contribution is -2.27. The zero-order valence-electron chi connectivity index (χ0n) is 17.6. The Labute approximate surface area is 195 Å². The highest BCUT2D eigenvalue weighted by Gasteiger charge is 2.23. The van der Waals surface area contributed by atoms with Gasteiger partial charge in [-0.25, -0.2) is 0 Å². The summed E-state index contributed by atoms with van der Waals surface area (Å²) in [6.45, 7) is 2.36. The average molecular weight is 466 g/mol. The number of amides is 1. The highest BCUT2D eigenvalue weighted by molar-refractivity contribution is 7.16. The van der Waals surface area contributed by atoms with Crippen molar-refractivity contribution in [2.75, 3.05) is 30.0 Å². The number of hydrogen-bond donors (Lipinski definition) is 1. The van der Waals surface area contributed by atoms with Crippen LogP contribution in [0.2, 0.25) is 0 Å². The second-order valence-electron chi connectivity index (χ2n) is 7.80. The van der Waals surface area contributed by atoms with Crippen molar-refractivity contribution in [1.29, 1.82) is 5.26 Å². The van der Waals surface area contributed by atoms with E-state index >= 15 is 0 Å². The molecule has 3 aromatic rings. The van der Waals surface area contributed by atoms with E-state index in [1.807, 2.05) is 24.3 Å².